The van der Waals surface area contributed by atoms with Crippen molar-refractivity contribution >= 4 is 5.91 Å². The molecule has 0 aromatic carbocycles. The highest BCUT2D eigenvalue weighted by atomic mass is 16.7. The lowest BCUT2D eigenvalue weighted by Crippen LogP contribution is -2.52. The summed E-state index contributed by atoms with van der Waals surface area (Å²) in [5, 5.41) is 3.24. The molecule has 1 heterocycles. The number of hydrogen-bond acceptors (Lipinski definition) is 4. The number of amides is 1. The van der Waals surface area contributed by atoms with Crippen molar-refractivity contribution < 1.29 is 19.0 Å². The average molecular weight is 544 g/mol. The fourth-order valence-electron chi connectivity index (χ4n) is 9.92. The van der Waals surface area contributed by atoms with Crippen molar-refractivity contribution in [1.29, 1.82) is 0 Å². The summed E-state index contributed by atoms with van der Waals surface area (Å²) >= 11 is 0. The summed E-state index contributed by atoms with van der Waals surface area (Å²) in [4.78, 5) is 11.8. The minimum absolute atomic E-state index is 0.0513. The van der Waals surface area contributed by atoms with E-state index in [-0.39, 0.29) is 18.2 Å². The van der Waals surface area contributed by atoms with Gasteiger partial charge < -0.3 is 19.5 Å². The molecular weight excluding hydrogens is 486 g/mol. The number of hydrogen-bond donors (Lipinski definition) is 1. The van der Waals surface area contributed by atoms with Gasteiger partial charge in [-0.15, -0.1) is 0 Å². The van der Waals surface area contributed by atoms with Crippen molar-refractivity contribution in [1.82, 2.24) is 5.32 Å². The predicted octanol–water partition coefficient (Wildman–Crippen LogP) is 7.58. The summed E-state index contributed by atoms with van der Waals surface area (Å²) in [7, 11) is 0. The number of nitrogens with one attached hydrogen (secondary N) is 1. The van der Waals surface area contributed by atoms with E-state index in [1.807, 2.05) is 0 Å². The molecule has 4 fully saturated rings. The second-order valence-electron chi connectivity index (χ2n) is 14.3. The zero-order valence-corrected chi connectivity index (χ0v) is 25.5. The van der Waals surface area contributed by atoms with Crippen LogP contribution in [0.25, 0.3) is 0 Å². The summed E-state index contributed by atoms with van der Waals surface area (Å²) in [6.45, 7) is 11.7. The van der Waals surface area contributed by atoms with E-state index in [1.54, 1.807) is 12.5 Å². The zero-order chi connectivity index (χ0) is 27.5. The van der Waals surface area contributed by atoms with Gasteiger partial charge in [-0.2, -0.15) is 0 Å². The van der Waals surface area contributed by atoms with Gasteiger partial charge in [0.05, 0.1) is 6.10 Å². The molecule has 3 saturated carbocycles. The van der Waals surface area contributed by atoms with Gasteiger partial charge in [-0.25, -0.2) is 0 Å². The Morgan fingerprint density at radius 2 is 1.79 bits per heavy atom. The zero-order valence-electron chi connectivity index (χ0n) is 25.5. The highest BCUT2D eigenvalue weighted by Crippen LogP contribution is 2.66. The van der Waals surface area contributed by atoms with Crippen molar-refractivity contribution in [2.45, 2.75) is 142 Å². The molecule has 5 aliphatic rings. The minimum Gasteiger partial charge on any atom is -0.378 e. The molecule has 5 rings (SSSR count). The van der Waals surface area contributed by atoms with Crippen LogP contribution < -0.4 is 5.32 Å². The van der Waals surface area contributed by atoms with Gasteiger partial charge in [-0.3, -0.25) is 4.79 Å². The lowest BCUT2D eigenvalue weighted by atomic mass is 9.47. The molecule has 4 aliphatic carbocycles. The molecule has 5 nitrogen and oxygen atoms in total. The van der Waals surface area contributed by atoms with E-state index in [9.17, 15) is 4.79 Å². The van der Waals surface area contributed by atoms with E-state index >= 15 is 0 Å². The normalized spacial score (nSPS) is 40.7. The van der Waals surface area contributed by atoms with Gasteiger partial charge in [0.2, 0.25) is 5.91 Å². The van der Waals surface area contributed by atoms with E-state index in [0.717, 1.165) is 63.3 Å². The van der Waals surface area contributed by atoms with Gasteiger partial charge in [-0.1, -0.05) is 38.3 Å². The standard InChI is InChI=1S/C34H57NO4/c1-24(35-25(2)36)29-14-15-30-28-13-12-26-23-27(16-18-33(26,3)31(28)17-19-34(29,30)4)37-20-8-5-6-9-21-38-32-11-7-10-22-39-32/h12,24,27-32H,5-11,13-23H2,1-4H3,(H,35,36)/t24-,27-,28?,29+,30?,31?,32?,33-,34+/m0/s1. The summed E-state index contributed by atoms with van der Waals surface area (Å²) in [5.41, 5.74) is 2.46. The van der Waals surface area contributed by atoms with Crippen LogP contribution in [0.4, 0.5) is 0 Å². The molecule has 1 amide bonds. The molecule has 1 N–H and O–H groups in total. The van der Waals surface area contributed by atoms with Gasteiger partial charge in [0, 0.05) is 32.8 Å². The maximum Gasteiger partial charge on any atom is 0.217 e. The molecule has 9 atom stereocenters. The first-order valence-electron chi connectivity index (χ1n) is 16.6. The number of carbonyl (C=O) groups excluding carboxylic acids is 1. The Bertz CT molecular complexity index is 852. The van der Waals surface area contributed by atoms with Crippen LogP contribution in [0.5, 0.6) is 0 Å². The Hall–Kier alpha value is -0.910. The maximum atomic E-state index is 11.8. The molecule has 1 saturated heterocycles. The first-order valence-corrected chi connectivity index (χ1v) is 16.6. The predicted molar refractivity (Wildman–Crippen MR) is 156 cm³/mol. The van der Waals surface area contributed by atoms with E-state index < -0.39 is 0 Å². The molecule has 0 radical (unpaired) electrons. The number of ether oxygens (including phenoxy) is 3. The number of rotatable bonds is 11. The summed E-state index contributed by atoms with van der Waals surface area (Å²) in [5.74, 6) is 3.19. The largest absolute Gasteiger partial charge is 0.378 e. The first kappa shape index (κ1) is 29.6. The van der Waals surface area contributed by atoms with Gasteiger partial charge in [0.15, 0.2) is 6.29 Å². The molecular formula is C34H57NO4. The fraction of sp³-hybridized carbons (Fsp3) is 0.912. The van der Waals surface area contributed by atoms with Gasteiger partial charge in [0.25, 0.3) is 0 Å². The van der Waals surface area contributed by atoms with Gasteiger partial charge in [-0.05, 0) is 125 Å². The minimum atomic E-state index is 0.0513. The van der Waals surface area contributed by atoms with E-state index in [1.165, 1.54) is 70.6 Å². The Morgan fingerprint density at radius 1 is 1.00 bits per heavy atom. The molecule has 1 aliphatic heterocycles. The SMILES string of the molecule is CC(=O)N[C@@H](C)[C@H]1CCC2C3CC=C4C[C@@H](OCCCCCCOC5CCCCO5)CC[C@]4(C)C3CC[C@@]21C. The molecule has 0 spiro atoms. The molecule has 222 valence electrons. The molecule has 39 heavy (non-hydrogen) atoms. The van der Waals surface area contributed by atoms with E-state index in [4.69, 9.17) is 14.2 Å². The molecule has 5 heteroatoms. The van der Waals surface area contributed by atoms with Crippen LogP contribution in [0.15, 0.2) is 11.6 Å². The van der Waals surface area contributed by atoms with Crippen molar-refractivity contribution in [2.24, 2.45) is 34.5 Å². The molecule has 0 bridgehead atoms. The summed E-state index contributed by atoms with van der Waals surface area (Å²) < 4.78 is 18.0. The second-order valence-corrected chi connectivity index (χ2v) is 14.3. The second kappa shape index (κ2) is 12.9. The van der Waals surface area contributed by atoms with Crippen molar-refractivity contribution in [3.05, 3.63) is 11.6 Å². The third-order valence-electron chi connectivity index (χ3n) is 12.0. The first-order chi connectivity index (χ1) is 18.8. The lowest BCUT2D eigenvalue weighted by molar-refractivity contribution is -0.162. The third kappa shape index (κ3) is 6.46. The number of unbranched alkanes of at least 4 members (excludes halogenated alkanes) is 3. The highest BCUT2D eigenvalue weighted by Gasteiger charge is 2.59. The van der Waals surface area contributed by atoms with E-state index in [2.05, 4.69) is 32.2 Å². The Labute approximate surface area is 238 Å². The number of allylic oxidation sites excluding steroid dienone is 1. The van der Waals surface area contributed by atoms with E-state index in [0.29, 0.717) is 22.9 Å². The van der Waals surface area contributed by atoms with Crippen molar-refractivity contribution in [3.63, 3.8) is 0 Å². The Kier molecular flexibility index (Phi) is 9.82. The number of fused-ring (bicyclic) bond motifs is 5. The fourth-order valence-corrected chi connectivity index (χ4v) is 9.92. The van der Waals surface area contributed by atoms with Crippen molar-refractivity contribution in [2.75, 3.05) is 19.8 Å². The topological polar surface area (TPSA) is 56.8 Å². The maximum absolute atomic E-state index is 11.8. The van der Waals surface area contributed by atoms with Crippen LogP contribution in [0, 0.1) is 34.5 Å². The van der Waals surface area contributed by atoms with Gasteiger partial charge >= 0.3 is 0 Å². The Balaban J connectivity index is 1.05. The summed E-state index contributed by atoms with van der Waals surface area (Å²) in [6, 6.07) is 0.288. The van der Waals surface area contributed by atoms with Crippen LogP contribution in [-0.2, 0) is 19.0 Å². The highest BCUT2D eigenvalue weighted by molar-refractivity contribution is 5.73. The average Bonchev–Trinajstić information content (AvgIpc) is 3.28. The molecule has 0 aromatic heterocycles. The van der Waals surface area contributed by atoms with Crippen LogP contribution >= 0.6 is 0 Å². The van der Waals surface area contributed by atoms with Gasteiger partial charge in [0.1, 0.15) is 0 Å². The third-order valence-corrected chi connectivity index (χ3v) is 12.0. The Morgan fingerprint density at radius 3 is 2.54 bits per heavy atom. The molecule has 0 aromatic rings. The van der Waals surface area contributed by atoms with Crippen LogP contribution in [0.1, 0.15) is 124 Å². The van der Waals surface area contributed by atoms with Crippen LogP contribution in [-0.4, -0.2) is 44.2 Å². The number of carbonyl (C=O) groups is 1. The molecule has 4 unspecified atom stereocenters. The quantitative estimate of drug-likeness (QED) is 0.216. The smallest absolute Gasteiger partial charge is 0.217 e. The van der Waals surface area contributed by atoms with Crippen LogP contribution in [0.3, 0.4) is 0 Å². The van der Waals surface area contributed by atoms with Crippen LogP contribution in [0.2, 0.25) is 0 Å². The summed E-state index contributed by atoms with van der Waals surface area (Å²) in [6.07, 6.45) is 21.6. The lowest BCUT2D eigenvalue weighted by Gasteiger charge is -2.58. The van der Waals surface area contributed by atoms with Crippen molar-refractivity contribution in [3.8, 4) is 0 Å². The monoisotopic (exact) mass is 543 g/mol.